The van der Waals surface area contributed by atoms with Gasteiger partial charge in [-0.05, 0) is 0 Å². The second-order valence-electron chi connectivity index (χ2n) is 4.52. The Morgan fingerprint density at radius 3 is 3.32 bits per heavy atom. The number of aromatic amines is 1. The van der Waals surface area contributed by atoms with E-state index >= 15 is 0 Å². The Kier molecular flexibility index (Phi) is 3.28. The molecule has 3 heterocycles. The third-order valence-electron chi connectivity index (χ3n) is 3.13. The summed E-state index contributed by atoms with van der Waals surface area (Å²) in [5.74, 6) is 0.370. The van der Waals surface area contributed by atoms with Gasteiger partial charge in [-0.15, -0.1) is 0 Å². The zero-order valence-electron chi connectivity index (χ0n) is 10.3. The van der Waals surface area contributed by atoms with Crippen LogP contribution < -0.4 is 5.56 Å². The molecule has 0 aliphatic carbocycles. The van der Waals surface area contributed by atoms with Gasteiger partial charge in [0.25, 0.3) is 11.3 Å². The van der Waals surface area contributed by atoms with Crippen LogP contribution >= 0.6 is 0 Å². The van der Waals surface area contributed by atoms with Crippen LogP contribution in [-0.4, -0.2) is 62.0 Å². The maximum Gasteiger partial charge on any atom is 0.274 e. The predicted molar refractivity (Wildman–Crippen MR) is 65.7 cm³/mol. The molecule has 0 aromatic carbocycles. The Labute approximate surface area is 108 Å². The summed E-state index contributed by atoms with van der Waals surface area (Å²) in [7, 11) is 0. The van der Waals surface area contributed by atoms with E-state index < -0.39 is 0 Å². The highest BCUT2D eigenvalue weighted by molar-refractivity contribution is 5.25. The molecule has 1 atom stereocenters. The third kappa shape index (κ3) is 2.50. The zero-order chi connectivity index (χ0) is 13.2. The number of aromatic nitrogens is 4. The average Bonchev–Trinajstić information content (AvgIpc) is 2.88. The van der Waals surface area contributed by atoms with Gasteiger partial charge in [0, 0.05) is 25.7 Å². The molecule has 8 nitrogen and oxygen atoms in total. The standard InChI is InChI=1S/C11H15N5O3/c17-6-9-5-15(1-2-19-9)4-8-3-10(18)16-11(14-8)12-7-13-16/h3,7,9,17H,1-2,4-6H2,(H,12,13,14). The van der Waals surface area contributed by atoms with Gasteiger partial charge in [-0.1, -0.05) is 0 Å². The minimum atomic E-state index is -0.176. The van der Waals surface area contributed by atoms with Crippen LogP contribution in [0.3, 0.4) is 0 Å². The number of aliphatic hydroxyl groups excluding tert-OH is 1. The summed E-state index contributed by atoms with van der Waals surface area (Å²) < 4.78 is 6.67. The molecule has 1 aliphatic rings. The molecule has 1 fully saturated rings. The van der Waals surface area contributed by atoms with Crippen LogP contribution in [0.5, 0.6) is 0 Å². The molecule has 8 heteroatoms. The van der Waals surface area contributed by atoms with Crippen LogP contribution in [0.2, 0.25) is 0 Å². The Morgan fingerprint density at radius 1 is 1.58 bits per heavy atom. The van der Waals surface area contributed by atoms with Crippen molar-refractivity contribution in [1.82, 2.24) is 24.5 Å². The molecule has 2 aromatic heterocycles. The van der Waals surface area contributed by atoms with Crippen LogP contribution in [0.1, 0.15) is 5.69 Å². The lowest BCUT2D eigenvalue weighted by Crippen LogP contribution is -2.43. The first-order chi connectivity index (χ1) is 9.26. The van der Waals surface area contributed by atoms with Crippen molar-refractivity contribution in [3.63, 3.8) is 0 Å². The van der Waals surface area contributed by atoms with E-state index in [1.165, 1.54) is 16.9 Å². The van der Waals surface area contributed by atoms with Crippen molar-refractivity contribution in [2.45, 2.75) is 12.6 Å². The topological polar surface area (TPSA) is 95.8 Å². The van der Waals surface area contributed by atoms with Crippen LogP contribution in [0, 0.1) is 0 Å². The van der Waals surface area contributed by atoms with Gasteiger partial charge in [-0.25, -0.2) is 9.97 Å². The molecule has 2 N–H and O–H groups in total. The number of H-pyrrole nitrogens is 1. The van der Waals surface area contributed by atoms with Gasteiger partial charge in [-0.2, -0.15) is 4.52 Å². The van der Waals surface area contributed by atoms with E-state index in [0.717, 1.165) is 6.54 Å². The maximum absolute atomic E-state index is 11.8. The first-order valence-electron chi connectivity index (χ1n) is 6.13. The van der Waals surface area contributed by atoms with E-state index in [9.17, 15) is 4.79 Å². The van der Waals surface area contributed by atoms with Crippen molar-refractivity contribution in [3.05, 3.63) is 28.4 Å². The van der Waals surface area contributed by atoms with Crippen LogP contribution in [0.4, 0.5) is 0 Å². The number of nitrogens with zero attached hydrogens (tertiary/aromatic N) is 4. The van der Waals surface area contributed by atoms with Gasteiger partial charge in [0.05, 0.1) is 25.0 Å². The summed E-state index contributed by atoms with van der Waals surface area (Å²) in [6.07, 6.45) is 1.27. The smallest absolute Gasteiger partial charge is 0.274 e. The molecule has 0 amide bonds. The van der Waals surface area contributed by atoms with Crippen molar-refractivity contribution < 1.29 is 9.84 Å². The minimum Gasteiger partial charge on any atom is -0.394 e. The Balaban J connectivity index is 1.79. The van der Waals surface area contributed by atoms with Gasteiger partial charge in [-0.3, -0.25) is 14.8 Å². The Bertz CT molecular complexity index is 622. The van der Waals surface area contributed by atoms with Gasteiger partial charge in [0.15, 0.2) is 0 Å². The summed E-state index contributed by atoms with van der Waals surface area (Å²) in [5.41, 5.74) is 0.500. The SMILES string of the molecule is O=c1cc(CN2CCOC(CO)C2)nc2nc[nH]n12. The maximum atomic E-state index is 11.8. The molecular weight excluding hydrogens is 250 g/mol. The van der Waals surface area contributed by atoms with Crippen molar-refractivity contribution in [2.24, 2.45) is 0 Å². The van der Waals surface area contributed by atoms with Gasteiger partial charge < -0.3 is 9.84 Å². The van der Waals surface area contributed by atoms with Crippen molar-refractivity contribution >= 4 is 5.78 Å². The lowest BCUT2D eigenvalue weighted by molar-refractivity contribution is -0.0553. The number of fused-ring (bicyclic) bond motifs is 1. The molecule has 0 radical (unpaired) electrons. The highest BCUT2D eigenvalue weighted by atomic mass is 16.5. The first-order valence-corrected chi connectivity index (χ1v) is 6.13. The highest BCUT2D eigenvalue weighted by Gasteiger charge is 2.20. The molecule has 1 unspecified atom stereocenters. The molecule has 0 spiro atoms. The molecule has 0 saturated carbocycles. The largest absolute Gasteiger partial charge is 0.394 e. The fraction of sp³-hybridized carbons (Fsp3) is 0.545. The number of rotatable bonds is 3. The normalized spacial score (nSPS) is 21.0. The summed E-state index contributed by atoms with van der Waals surface area (Å²) >= 11 is 0. The van der Waals surface area contributed by atoms with E-state index in [2.05, 4.69) is 20.0 Å². The second kappa shape index (κ2) is 5.08. The van der Waals surface area contributed by atoms with Crippen molar-refractivity contribution in [1.29, 1.82) is 0 Å². The minimum absolute atomic E-state index is 0.00495. The molecule has 102 valence electrons. The summed E-state index contributed by atoms with van der Waals surface area (Å²) in [6.45, 7) is 2.54. The fourth-order valence-corrected chi connectivity index (χ4v) is 2.21. The number of hydrogen-bond acceptors (Lipinski definition) is 6. The van der Waals surface area contributed by atoms with Crippen molar-refractivity contribution in [2.75, 3.05) is 26.3 Å². The van der Waals surface area contributed by atoms with Crippen LogP contribution in [0.25, 0.3) is 5.78 Å². The molecule has 19 heavy (non-hydrogen) atoms. The van der Waals surface area contributed by atoms with E-state index in [1.807, 2.05) is 0 Å². The molecule has 1 saturated heterocycles. The van der Waals surface area contributed by atoms with Crippen LogP contribution in [-0.2, 0) is 11.3 Å². The van der Waals surface area contributed by atoms with E-state index in [1.54, 1.807) is 0 Å². The summed E-state index contributed by atoms with van der Waals surface area (Å²) in [5, 5.41) is 11.8. The highest BCUT2D eigenvalue weighted by Crippen LogP contribution is 2.08. The molecule has 1 aliphatic heterocycles. The summed E-state index contributed by atoms with van der Waals surface area (Å²) in [6, 6.07) is 1.49. The van der Waals surface area contributed by atoms with Gasteiger partial charge in [0.2, 0.25) is 0 Å². The van der Waals surface area contributed by atoms with E-state index in [4.69, 9.17) is 9.84 Å². The lowest BCUT2D eigenvalue weighted by Gasteiger charge is -2.31. The van der Waals surface area contributed by atoms with Gasteiger partial charge >= 0.3 is 0 Å². The molecule has 2 aromatic rings. The third-order valence-corrected chi connectivity index (χ3v) is 3.13. The van der Waals surface area contributed by atoms with Crippen LogP contribution in [0.15, 0.2) is 17.2 Å². The number of aliphatic hydroxyl groups is 1. The average molecular weight is 265 g/mol. The lowest BCUT2D eigenvalue weighted by atomic mass is 10.2. The fourth-order valence-electron chi connectivity index (χ4n) is 2.21. The molecule has 0 bridgehead atoms. The predicted octanol–water partition coefficient (Wildman–Crippen LogP) is -1.39. The van der Waals surface area contributed by atoms with Gasteiger partial charge in [0.1, 0.15) is 6.33 Å². The number of ether oxygens (including phenoxy) is 1. The Hall–Kier alpha value is -1.77. The monoisotopic (exact) mass is 265 g/mol. The quantitative estimate of drug-likeness (QED) is 0.709. The second-order valence-corrected chi connectivity index (χ2v) is 4.52. The zero-order valence-corrected chi connectivity index (χ0v) is 10.3. The number of morpholine rings is 1. The van der Waals surface area contributed by atoms with E-state index in [0.29, 0.717) is 31.2 Å². The van der Waals surface area contributed by atoms with Crippen molar-refractivity contribution in [3.8, 4) is 0 Å². The summed E-state index contributed by atoms with van der Waals surface area (Å²) in [4.78, 5) is 22.2. The number of hydrogen-bond donors (Lipinski definition) is 2. The molecule has 3 rings (SSSR count). The van der Waals surface area contributed by atoms with E-state index in [-0.39, 0.29) is 18.3 Å². The Morgan fingerprint density at radius 2 is 2.47 bits per heavy atom. The molecular formula is C11H15N5O3. The number of nitrogens with one attached hydrogen (secondary N) is 1. The first kappa shape index (κ1) is 12.3.